The molecule has 1 nitrogen and oxygen atoms in total. The van der Waals surface area contributed by atoms with Crippen LogP contribution in [0.2, 0.25) is 0 Å². The standard InChI is InChI=1S/C17H16F3N/c1-13(15-7-3-2-4-8-15)11-21-12-14-6-5-9-16(10-14)17(18,19)20/h2-10,21H,1,11-12H2. The summed E-state index contributed by atoms with van der Waals surface area (Å²) in [4.78, 5) is 0. The number of benzene rings is 2. The van der Waals surface area contributed by atoms with Gasteiger partial charge in [0.15, 0.2) is 0 Å². The molecule has 0 heterocycles. The normalized spacial score (nSPS) is 11.4. The van der Waals surface area contributed by atoms with E-state index in [9.17, 15) is 13.2 Å². The van der Waals surface area contributed by atoms with E-state index in [4.69, 9.17) is 0 Å². The first kappa shape index (κ1) is 15.3. The lowest BCUT2D eigenvalue weighted by Crippen LogP contribution is -2.16. The minimum absolute atomic E-state index is 0.371. The Morgan fingerprint density at radius 1 is 1.00 bits per heavy atom. The molecule has 0 bridgehead atoms. The van der Waals surface area contributed by atoms with Crippen LogP contribution in [-0.2, 0) is 12.7 Å². The summed E-state index contributed by atoms with van der Waals surface area (Å²) in [6.07, 6.45) is -4.30. The van der Waals surface area contributed by atoms with Crippen LogP contribution in [0, 0.1) is 0 Å². The van der Waals surface area contributed by atoms with Crippen LogP contribution in [0.1, 0.15) is 16.7 Å². The summed E-state index contributed by atoms with van der Waals surface area (Å²) in [6, 6.07) is 15.0. The molecule has 110 valence electrons. The van der Waals surface area contributed by atoms with E-state index in [-0.39, 0.29) is 0 Å². The number of alkyl halides is 3. The van der Waals surface area contributed by atoms with Gasteiger partial charge in [-0.15, -0.1) is 0 Å². The van der Waals surface area contributed by atoms with Gasteiger partial charge in [0.05, 0.1) is 5.56 Å². The number of halogens is 3. The summed E-state index contributed by atoms with van der Waals surface area (Å²) in [5.74, 6) is 0. The summed E-state index contributed by atoms with van der Waals surface area (Å²) in [5.41, 5.74) is 1.91. The maximum absolute atomic E-state index is 12.6. The summed E-state index contributed by atoms with van der Waals surface area (Å²) in [7, 11) is 0. The van der Waals surface area contributed by atoms with Gasteiger partial charge in [0, 0.05) is 13.1 Å². The number of nitrogens with one attached hydrogen (secondary N) is 1. The van der Waals surface area contributed by atoms with Gasteiger partial charge in [0.2, 0.25) is 0 Å². The van der Waals surface area contributed by atoms with Crippen molar-refractivity contribution in [1.82, 2.24) is 5.32 Å². The summed E-state index contributed by atoms with van der Waals surface area (Å²) in [5, 5.41) is 3.11. The van der Waals surface area contributed by atoms with Crippen molar-refractivity contribution in [3.8, 4) is 0 Å². The van der Waals surface area contributed by atoms with Crippen molar-refractivity contribution in [2.75, 3.05) is 6.54 Å². The predicted octanol–water partition coefficient (Wildman–Crippen LogP) is 4.51. The van der Waals surface area contributed by atoms with E-state index in [0.717, 1.165) is 23.3 Å². The van der Waals surface area contributed by atoms with E-state index in [1.807, 2.05) is 30.3 Å². The Balaban J connectivity index is 1.91. The highest BCUT2D eigenvalue weighted by Crippen LogP contribution is 2.29. The molecule has 0 aliphatic heterocycles. The molecule has 0 radical (unpaired) electrons. The number of rotatable bonds is 5. The maximum Gasteiger partial charge on any atom is 0.416 e. The van der Waals surface area contributed by atoms with E-state index in [1.54, 1.807) is 6.07 Å². The largest absolute Gasteiger partial charge is 0.416 e. The molecule has 2 aromatic rings. The first-order valence-electron chi connectivity index (χ1n) is 6.57. The molecule has 0 aliphatic carbocycles. The highest BCUT2D eigenvalue weighted by Gasteiger charge is 2.30. The van der Waals surface area contributed by atoms with Gasteiger partial charge < -0.3 is 5.32 Å². The van der Waals surface area contributed by atoms with Crippen molar-refractivity contribution >= 4 is 5.57 Å². The fraction of sp³-hybridized carbons (Fsp3) is 0.176. The zero-order valence-corrected chi connectivity index (χ0v) is 11.5. The van der Waals surface area contributed by atoms with Crippen molar-refractivity contribution in [2.45, 2.75) is 12.7 Å². The second kappa shape index (κ2) is 6.59. The topological polar surface area (TPSA) is 12.0 Å². The van der Waals surface area contributed by atoms with Gasteiger partial charge in [-0.05, 0) is 22.8 Å². The molecule has 4 heteroatoms. The average Bonchev–Trinajstić information content (AvgIpc) is 2.47. The fourth-order valence-electron chi connectivity index (χ4n) is 1.99. The van der Waals surface area contributed by atoms with E-state index in [1.165, 1.54) is 6.07 Å². The molecule has 0 fully saturated rings. The van der Waals surface area contributed by atoms with Crippen LogP contribution < -0.4 is 5.32 Å². The lowest BCUT2D eigenvalue weighted by molar-refractivity contribution is -0.137. The third kappa shape index (κ3) is 4.46. The van der Waals surface area contributed by atoms with Crippen LogP contribution >= 0.6 is 0 Å². The highest BCUT2D eigenvalue weighted by atomic mass is 19.4. The Bertz CT molecular complexity index is 603. The monoisotopic (exact) mass is 291 g/mol. The van der Waals surface area contributed by atoms with Gasteiger partial charge in [-0.3, -0.25) is 0 Å². The second-order valence-corrected chi connectivity index (χ2v) is 4.77. The summed E-state index contributed by atoms with van der Waals surface area (Å²) in [6.45, 7) is 4.87. The third-order valence-corrected chi connectivity index (χ3v) is 3.10. The first-order valence-corrected chi connectivity index (χ1v) is 6.57. The molecule has 21 heavy (non-hydrogen) atoms. The Labute approximate surface area is 122 Å². The molecule has 1 N–H and O–H groups in total. The molecular weight excluding hydrogens is 275 g/mol. The van der Waals surface area contributed by atoms with E-state index < -0.39 is 11.7 Å². The molecule has 0 saturated heterocycles. The van der Waals surface area contributed by atoms with Crippen LogP contribution in [0.5, 0.6) is 0 Å². The lowest BCUT2D eigenvalue weighted by Gasteiger charge is -2.10. The SMILES string of the molecule is C=C(CNCc1cccc(C(F)(F)F)c1)c1ccccc1. The highest BCUT2D eigenvalue weighted by molar-refractivity contribution is 5.64. The Kier molecular flexibility index (Phi) is 4.81. The minimum atomic E-state index is -4.30. The molecule has 0 saturated carbocycles. The number of hydrogen-bond donors (Lipinski definition) is 1. The Morgan fingerprint density at radius 2 is 1.71 bits per heavy atom. The Morgan fingerprint density at radius 3 is 2.38 bits per heavy atom. The molecule has 2 rings (SSSR count). The fourth-order valence-corrected chi connectivity index (χ4v) is 1.99. The van der Waals surface area contributed by atoms with Gasteiger partial charge in [0.25, 0.3) is 0 Å². The van der Waals surface area contributed by atoms with Crippen molar-refractivity contribution in [3.05, 3.63) is 77.9 Å². The van der Waals surface area contributed by atoms with Gasteiger partial charge >= 0.3 is 6.18 Å². The van der Waals surface area contributed by atoms with Gasteiger partial charge in [0.1, 0.15) is 0 Å². The minimum Gasteiger partial charge on any atom is -0.309 e. The second-order valence-electron chi connectivity index (χ2n) is 4.77. The van der Waals surface area contributed by atoms with E-state index >= 15 is 0 Å². The van der Waals surface area contributed by atoms with Crippen LogP contribution in [0.15, 0.2) is 61.2 Å². The lowest BCUT2D eigenvalue weighted by atomic mass is 10.1. The predicted molar refractivity (Wildman–Crippen MR) is 78.6 cm³/mol. The van der Waals surface area contributed by atoms with E-state index in [0.29, 0.717) is 18.7 Å². The smallest absolute Gasteiger partial charge is 0.309 e. The number of hydrogen-bond acceptors (Lipinski definition) is 1. The van der Waals surface area contributed by atoms with Gasteiger partial charge in [-0.2, -0.15) is 13.2 Å². The molecule has 0 aromatic heterocycles. The van der Waals surface area contributed by atoms with Crippen molar-refractivity contribution in [3.63, 3.8) is 0 Å². The molecule has 0 unspecified atom stereocenters. The van der Waals surface area contributed by atoms with Gasteiger partial charge in [-0.1, -0.05) is 55.1 Å². The van der Waals surface area contributed by atoms with Crippen LogP contribution in [-0.4, -0.2) is 6.54 Å². The quantitative estimate of drug-likeness (QED) is 0.854. The van der Waals surface area contributed by atoms with Crippen LogP contribution in [0.25, 0.3) is 5.57 Å². The van der Waals surface area contributed by atoms with Crippen LogP contribution in [0.4, 0.5) is 13.2 Å². The molecule has 0 atom stereocenters. The van der Waals surface area contributed by atoms with E-state index in [2.05, 4.69) is 11.9 Å². The third-order valence-electron chi connectivity index (χ3n) is 3.10. The molecule has 0 spiro atoms. The first-order chi connectivity index (χ1) is 9.97. The zero-order valence-electron chi connectivity index (χ0n) is 11.5. The average molecular weight is 291 g/mol. The van der Waals surface area contributed by atoms with Gasteiger partial charge in [-0.25, -0.2) is 0 Å². The van der Waals surface area contributed by atoms with Crippen molar-refractivity contribution in [1.29, 1.82) is 0 Å². The molecule has 0 aliphatic rings. The molecule has 0 amide bonds. The van der Waals surface area contributed by atoms with Crippen molar-refractivity contribution < 1.29 is 13.2 Å². The maximum atomic E-state index is 12.6. The Hall–Kier alpha value is -2.07. The molecular formula is C17H16F3N. The van der Waals surface area contributed by atoms with Crippen molar-refractivity contribution in [2.24, 2.45) is 0 Å². The summed E-state index contributed by atoms with van der Waals surface area (Å²) >= 11 is 0. The molecule has 2 aromatic carbocycles. The summed E-state index contributed by atoms with van der Waals surface area (Å²) < 4.78 is 37.8. The zero-order chi connectivity index (χ0) is 15.3. The van der Waals surface area contributed by atoms with Crippen LogP contribution in [0.3, 0.4) is 0 Å².